The first-order chi connectivity index (χ1) is 4.93. The minimum absolute atomic E-state index is 0.632. The molecule has 2 nitrogen and oxygen atoms in total. The lowest BCUT2D eigenvalue weighted by Crippen LogP contribution is -2.20. The molecule has 0 aliphatic carbocycles. The molecule has 0 atom stereocenters. The molecular weight excluding hydrogens is 161 g/mol. The monoisotopic (exact) mass is 167 g/mol. The summed E-state index contributed by atoms with van der Waals surface area (Å²) in [5.74, 6) is -1.47. The van der Waals surface area contributed by atoms with E-state index in [9.17, 15) is 18.0 Å². The van der Waals surface area contributed by atoms with Gasteiger partial charge in [-0.1, -0.05) is 6.08 Å². The molecule has 0 fully saturated rings. The van der Waals surface area contributed by atoms with E-state index in [0.717, 1.165) is 6.92 Å². The summed E-state index contributed by atoms with van der Waals surface area (Å²) in [6, 6.07) is 0. The number of hydrogen-bond acceptors (Lipinski definition) is 2. The minimum Gasteiger partial charge on any atom is -0.458 e. The van der Waals surface area contributed by atoms with Gasteiger partial charge in [-0.3, -0.25) is 0 Å². The van der Waals surface area contributed by atoms with Crippen LogP contribution in [0.25, 0.3) is 0 Å². The third kappa shape index (κ3) is 2.61. The standard InChI is InChI=1S/C6H6F3O2/c1-3-4(5(10)11-2)6(7,8)9/h3H,2H2,1H3. The van der Waals surface area contributed by atoms with Gasteiger partial charge in [-0.05, 0) is 6.92 Å². The van der Waals surface area contributed by atoms with E-state index >= 15 is 0 Å². The molecule has 0 unspecified atom stereocenters. The van der Waals surface area contributed by atoms with E-state index in [2.05, 4.69) is 11.8 Å². The van der Waals surface area contributed by atoms with Crippen LogP contribution in [0, 0.1) is 7.11 Å². The topological polar surface area (TPSA) is 26.3 Å². The Morgan fingerprint density at radius 3 is 2.09 bits per heavy atom. The first kappa shape index (κ1) is 10.0. The maximum atomic E-state index is 11.8. The molecule has 0 aliphatic rings. The number of carbonyl (C=O) groups excluding carboxylic acids is 1. The lowest BCUT2D eigenvalue weighted by atomic mass is 10.2. The Hall–Kier alpha value is -1.00. The molecule has 1 radical (unpaired) electrons. The van der Waals surface area contributed by atoms with Crippen LogP contribution in [0.2, 0.25) is 0 Å². The molecule has 0 rings (SSSR count). The Morgan fingerprint density at radius 1 is 1.55 bits per heavy atom. The first-order valence-electron chi connectivity index (χ1n) is 2.63. The van der Waals surface area contributed by atoms with Crippen LogP contribution in [-0.4, -0.2) is 12.1 Å². The van der Waals surface area contributed by atoms with Crippen molar-refractivity contribution in [3.8, 4) is 0 Å². The Bertz CT molecular complexity index is 181. The van der Waals surface area contributed by atoms with Gasteiger partial charge in [-0.15, -0.1) is 0 Å². The molecule has 5 heteroatoms. The van der Waals surface area contributed by atoms with Crippen molar-refractivity contribution in [2.45, 2.75) is 13.1 Å². The van der Waals surface area contributed by atoms with Gasteiger partial charge in [-0.25, -0.2) is 4.79 Å². The SMILES string of the molecule is [CH2]OC(=O)C(=CC)C(F)(F)F. The fourth-order valence-corrected chi connectivity index (χ4v) is 0.475. The van der Waals surface area contributed by atoms with Gasteiger partial charge in [0.1, 0.15) is 12.7 Å². The van der Waals surface area contributed by atoms with Crippen molar-refractivity contribution in [1.82, 2.24) is 0 Å². The van der Waals surface area contributed by atoms with Crippen molar-refractivity contribution >= 4 is 5.97 Å². The van der Waals surface area contributed by atoms with E-state index in [0.29, 0.717) is 6.08 Å². The van der Waals surface area contributed by atoms with E-state index in [4.69, 9.17) is 0 Å². The molecule has 0 aromatic carbocycles. The number of allylic oxidation sites excluding steroid dienone is 1. The van der Waals surface area contributed by atoms with E-state index in [1.807, 2.05) is 0 Å². The van der Waals surface area contributed by atoms with Gasteiger partial charge in [0.05, 0.1) is 0 Å². The van der Waals surface area contributed by atoms with Gasteiger partial charge in [-0.2, -0.15) is 13.2 Å². The van der Waals surface area contributed by atoms with Crippen molar-refractivity contribution in [2.75, 3.05) is 0 Å². The van der Waals surface area contributed by atoms with Crippen LogP contribution < -0.4 is 0 Å². The Labute approximate surface area is 61.6 Å². The normalized spacial score (nSPS) is 13.0. The molecule has 0 saturated heterocycles. The molecule has 0 aromatic heterocycles. The zero-order valence-corrected chi connectivity index (χ0v) is 5.73. The molecule has 63 valence electrons. The number of rotatable bonds is 1. The number of ether oxygens (including phenoxy) is 1. The Balaban J connectivity index is 4.58. The predicted molar refractivity (Wildman–Crippen MR) is 31.3 cm³/mol. The fourth-order valence-electron chi connectivity index (χ4n) is 0.475. The maximum absolute atomic E-state index is 11.8. The average molecular weight is 167 g/mol. The summed E-state index contributed by atoms with van der Waals surface area (Å²) in [6.07, 6.45) is -4.03. The van der Waals surface area contributed by atoms with Crippen LogP contribution in [0.5, 0.6) is 0 Å². The largest absolute Gasteiger partial charge is 0.458 e. The third-order valence-electron chi connectivity index (χ3n) is 0.945. The molecular formula is C6H6F3O2. The summed E-state index contributed by atoms with van der Waals surface area (Å²) in [5, 5.41) is 0. The fraction of sp³-hybridized carbons (Fsp3) is 0.333. The highest BCUT2D eigenvalue weighted by molar-refractivity contribution is 5.89. The highest BCUT2D eigenvalue weighted by Crippen LogP contribution is 2.26. The lowest BCUT2D eigenvalue weighted by molar-refractivity contribution is -0.146. The van der Waals surface area contributed by atoms with Gasteiger partial charge in [0.2, 0.25) is 0 Å². The second-order valence-electron chi connectivity index (χ2n) is 1.63. The number of carbonyl (C=O) groups is 1. The number of halogens is 3. The molecule has 11 heavy (non-hydrogen) atoms. The number of hydrogen-bond donors (Lipinski definition) is 0. The zero-order valence-electron chi connectivity index (χ0n) is 5.73. The smallest absolute Gasteiger partial charge is 0.423 e. The molecule has 0 amide bonds. The molecule has 0 aromatic rings. The first-order valence-corrected chi connectivity index (χ1v) is 2.63. The summed E-state index contributed by atoms with van der Waals surface area (Å²) in [5.41, 5.74) is -1.34. The summed E-state index contributed by atoms with van der Waals surface area (Å²) >= 11 is 0. The van der Waals surface area contributed by atoms with Crippen LogP contribution in [-0.2, 0) is 9.53 Å². The van der Waals surface area contributed by atoms with Crippen molar-refractivity contribution in [3.05, 3.63) is 18.8 Å². The second kappa shape index (κ2) is 3.41. The van der Waals surface area contributed by atoms with Gasteiger partial charge in [0, 0.05) is 0 Å². The van der Waals surface area contributed by atoms with Crippen molar-refractivity contribution in [2.24, 2.45) is 0 Å². The quantitative estimate of drug-likeness (QED) is 0.440. The lowest BCUT2D eigenvalue weighted by Gasteiger charge is -2.07. The van der Waals surface area contributed by atoms with E-state index in [1.165, 1.54) is 0 Å². The second-order valence-corrected chi connectivity index (χ2v) is 1.63. The predicted octanol–water partition coefficient (Wildman–Crippen LogP) is 1.83. The van der Waals surface area contributed by atoms with E-state index in [1.54, 1.807) is 0 Å². The van der Waals surface area contributed by atoms with Crippen molar-refractivity contribution < 1.29 is 22.7 Å². The molecule has 0 saturated carbocycles. The maximum Gasteiger partial charge on any atom is 0.423 e. The molecule has 0 spiro atoms. The van der Waals surface area contributed by atoms with Gasteiger partial charge in [0.25, 0.3) is 0 Å². The third-order valence-corrected chi connectivity index (χ3v) is 0.945. The van der Waals surface area contributed by atoms with E-state index < -0.39 is 17.7 Å². The Morgan fingerprint density at radius 2 is 2.00 bits per heavy atom. The summed E-state index contributed by atoms with van der Waals surface area (Å²) < 4.78 is 38.9. The molecule has 0 heterocycles. The molecule has 0 aliphatic heterocycles. The van der Waals surface area contributed by atoms with Crippen LogP contribution in [0.15, 0.2) is 11.6 Å². The van der Waals surface area contributed by atoms with Crippen molar-refractivity contribution in [1.29, 1.82) is 0 Å². The van der Waals surface area contributed by atoms with Crippen molar-refractivity contribution in [3.63, 3.8) is 0 Å². The van der Waals surface area contributed by atoms with Gasteiger partial charge >= 0.3 is 12.1 Å². The molecule has 0 N–H and O–H groups in total. The van der Waals surface area contributed by atoms with Crippen LogP contribution in [0.3, 0.4) is 0 Å². The Kier molecular flexibility index (Phi) is 3.10. The van der Waals surface area contributed by atoms with Crippen LogP contribution in [0.1, 0.15) is 6.92 Å². The zero-order chi connectivity index (χ0) is 9.07. The highest BCUT2D eigenvalue weighted by Gasteiger charge is 2.38. The summed E-state index contributed by atoms with van der Waals surface area (Å²) in [4.78, 5) is 10.3. The van der Waals surface area contributed by atoms with E-state index in [-0.39, 0.29) is 0 Å². The summed E-state index contributed by atoms with van der Waals surface area (Å²) in [7, 11) is 2.58. The average Bonchev–Trinajstić information content (AvgIpc) is 1.86. The number of esters is 1. The van der Waals surface area contributed by atoms with Crippen LogP contribution >= 0.6 is 0 Å². The number of alkyl halides is 3. The highest BCUT2D eigenvalue weighted by atomic mass is 19.4. The minimum atomic E-state index is -4.66. The van der Waals surface area contributed by atoms with Gasteiger partial charge < -0.3 is 4.74 Å². The van der Waals surface area contributed by atoms with Crippen LogP contribution in [0.4, 0.5) is 13.2 Å². The van der Waals surface area contributed by atoms with Gasteiger partial charge in [0.15, 0.2) is 0 Å². The summed E-state index contributed by atoms with van der Waals surface area (Å²) in [6.45, 7) is 1.10. The molecule has 0 bridgehead atoms.